The van der Waals surface area contributed by atoms with Crippen LogP contribution in [-0.2, 0) is 0 Å². The maximum atomic E-state index is 12.3. The number of rotatable bonds is 6. The van der Waals surface area contributed by atoms with Crippen molar-refractivity contribution in [1.29, 1.82) is 0 Å². The van der Waals surface area contributed by atoms with Gasteiger partial charge in [0, 0.05) is 16.6 Å². The number of hydrogen-bond donors (Lipinski definition) is 3. The van der Waals surface area contributed by atoms with Gasteiger partial charge in [-0.25, -0.2) is 9.80 Å². The second kappa shape index (κ2) is 9.22. The first-order valence-electron chi connectivity index (χ1n) is 8.48. The van der Waals surface area contributed by atoms with Gasteiger partial charge in [0.15, 0.2) is 10.5 Å². The van der Waals surface area contributed by atoms with Crippen molar-refractivity contribution in [3.05, 3.63) is 28.2 Å². The zero-order chi connectivity index (χ0) is 20.2. The van der Waals surface area contributed by atoms with Crippen LogP contribution in [0.3, 0.4) is 0 Å². The molecular weight excluding hydrogens is 452 g/mol. The van der Waals surface area contributed by atoms with Crippen molar-refractivity contribution in [2.45, 2.75) is 44.5 Å². The Hall–Kier alpha value is -1.36. The monoisotopic (exact) mass is 474 g/mol. The van der Waals surface area contributed by atoms with Crippen molar-refractivity contribution in [3.8, 4) is 5.75 Å². The molecule has 1 aromatic carbocycles. The van der Waals surface area contributed by atoms with E-state index in [9.17, 15) is 15.1 Å². The Morgan fingerprint density at radius 1 is 1.56 bits per heavy atom. The Labute approximate surface area is 176 Å². The number of carbonyl (C=O) groups excluding carboxylic acids is 1. The van der Waals surface area contributed by atoms with E-state index in [2.05, 4.69) is 26.3 Å². The lowest BCUT2D eigenvalue weighted by Crippen LogP contribution is -2.55. The summed E-state index contributed by atoms with van der Waals surface area (Å²) in [6, 6.07) is 4.37. The molecule has 10 heteroatoms. The highest BCUT2D eigenvalue weighted by molar-refractivity contribution is 9.10. The summed E-state index contributed by atoms with van der Waals surface area (Å²) >= 11 is 10.1. The van der Waals surface area contributed by atoms with Crippen LogP contribution in [0, 0.1) is 0 Å². The third-order valence-corrected chi connectivity index (χ3v) is 5.98. The van der Waals surface area contributed by atoms with Crippen LogP contribution in [0.5, 0.6) is 5.75 Å². The fraction of sp³-hybridized carbons (Fsp3) is 0.471. The van der Waals surface area contributed by atoms with Crippen LogP contribution in [0.4, 0.5) is 4.79 Å². The van der Waals surface area contributed by atoms with Gasteiger partial charge >= 0.3 is 6.03 Å². The molecule has 1 aliphatic rings. The summed E-state index contributed by atoms with van der Waals surface area (Å²) in [4.78, 5) is 12.3. The highest BCUT2D eigenvalue weighted by Crippen LogP contribution is 2.42. The zero-order valence-electron chi connectivity index (χ0n) is 15.3. The molecule has 1 fully saturated rings. The molecule has 1 aromatic rings. The van der Waals surface area contributed by atoms with E-state index < -0.39 is 16.9 Å². The highest BCUT2D eigenvalue weighted by atomic mass is 79.9. The third kappa shape index (κ3) is 5.34. The van der Waals surface area contributed by atoms with Gasteiger partial charge in [0.25, 0.3) is 0 Å². The molecule has 2 amide bonds. The molecular formula is C17H23BrN4O3S2. The number of amides is 2. The Morgan fingerprint density at radius 3 is 2.93 bits per heavy atom. The number of urea groups is 1. The molecule has 148 valence electrons. The smallest absolute Gasteiger partial charge is 0.343 e. The second-order valence-electron chi connectivity index (χ2n) is 6.57. The summed E-state index contributed by atoms with van der Waals surface area (Å²) in [5.41, 5.74) is 0.484. The number of hydrazone groups is 1. The van der Waals surface area contributed by atoms with E-state index in [0.29, 0.717) is 21.5 Å². The lowest BCUT2D eigenvalue weighted by Gasteiger charge is -2.34. The van der Waals surface area contributed by atoms with Crippen LogP contribution in [0.2, 0.25) is 0 Å². The predicted octanol–water partition coefficient (Wildman–Crippen LogP) is 4.13. The van der Waals surface area contributed by atoms with Gasteiger partial charge in [0.2, 0.25) is 0 Å². The number of nitrogens with zero attached hydrogens (tertiary/aromatic N) is 3. The number of benzene rings is 1. The molecule has 3 N–H and O–H groups in total. The fourth-order valence-electron chi connectivity index (χ4n) is 2.54. The number of thiocarbonyl (C=S) groups is 1. The normalized spacial score (nSPS) is 18.9. The van der Waals surface area contributed by atoms with E-state index in [1.807, 2.05) is 20.8 Å². The topological polar surface area (TPSA) is 88.4 Å². The third-order valence-electron chi connectivity index (χ3n) is 3.95. The van der Waals surface area contributed by atoms with Gasteiger partial charge in [0.05, 0.1) is 11.0 Å². The maximum Gasteiger partial charge on any atom is 0.343 e. The van der Waals surface area contributed by atoms with Gasteiger partial charge in [-0.1, -0.05) is 53.3 Å². The van der Waals surface area contributed by atoms with E-state index >= 15 is 0 Å². The van der Waals surface area contributed by atoms with E-state index in [4.69, 9.17) is 12.2 Å². The van der Waals surface area contributed by atoms with Gasteiger partial charge in [-0.15, -0.1) is 0 Å². The Balaban J connectivity index is 2.24. The van der Waals surface area contributed by atoms with E-state index in [-0.39, 0.29) is 5.75 Å². The first-order chi connectivity index (χ1) is 12.7. The zero-order valence-corrected chi connectivity index (χ0v) is 18.6. The highest BCUT2D eigenvalue weighted by Gasteiger charge is 2.49. The van der Waals surface area contributed by atoms with E-state index in [1.165, 1.54) is 23.0 Å². The number of hydrogen-bond acceptors (Lipinski definition) is 6. The van der Waals surface area contributed by atoms with Gasteiger partial charge in [-0.05, 0) is 38.5 Å². The Bertz CT molecular complexity index is 745. The SMILES string of the molecule is CCCCNC(=O)N(O)C1N(N=Cc2cc(Br)ccc2O)C(=S)SC1(C)C. The average Bonchev–Trinajstić information content (AvgIpc) is 2.83. The van der Waals surface area contributed by atoms with Crippen LogP contribution in [0.1, 0.15) is 39.2 Å². The van der Waals surface area contributed by atoms with Crippen molar-refractivity contribution in [1.82, 2.24) is 15.4 Å². The number of phenolic OH excluding ortho intramolecular Hbond substituents is 1. The lowest BCUT2D eigenvalue weighted by molar-refractivity contribution is -0.118. The van der Waals surface area contributed by atoms with E-state index in [0.717, 1.165) is 17.3 Å². The summed E-state index contributed by atoms with van der Waals surface area (Å²) < 4.78 is 0.636. The second-order valence-corrected chi connectivity index (χ2v) is 9.77. The standard InChI is InChI=1S/C17H23BrN4O3S2/c1-4-5-8-19-15(24)22(25)14-17(2,3)27-16(26)21(14)20-10-11-9-12(18)6-7-13(11)23/h6-7,9-10,14,23,25H,4-5,8H2,1-3H3,(H,19,24). The van der Waals surface area contributed by atoms with Gasteiger partial charge < -0.3 is 10.4 Å². The molecule has 1 heterocycles. The van der Waals surface area contributed by atoms with Crippen molar-refractivity contribution >= 4 is 56.5 Å². The molecule has 1 unspecified atom stereocenters. The lowest BCUT2D eigenvalue weighted by atomic mass is 10.1. The number of aromatic hydroxyl groups is 1. The number of hydroxylamine groups is 2. The molecule has 0 bridgehead atoms. The quantitative estimate of drug-likeness (QED) is 0.189. The minimum absolute atomic E-state index is 0.0636. The average molecular weight is 475 g/mol. The first-order valence-corrected chi connectivity index (χ1v) is 10.5. The molecule has 27 heavy (non-hydrogen) atoms. The summed E-state index contributed by atoms with van der Waals surface area (Å²) in [6.07, 6.45) is 2.42. The largest absolute Gasteiger partial charge is 0.507 e. The summed E-state index contributed by atoms with van der Waals surface area (Å²) in [6.45, 7) is 6.25. The molecule has 1 atom stereocenters. The number of carbonyl (C=O) groups is 1. The number of halogens is 1. The number of nitrogens with one attached hydrogen (secondary N) is 1. The van der Waals surface area contributed by atoms with Crippen molar-refractivity contribution < 1.29 is 15.1 Å². The van der Waals surface area contributed by atoms with E-state index in [1.54, 1.807) is 18.2 Å². The Morgan fingerprint density at radius 2 is 2.26 bits per heavy atom. The molecule has 1 aliphatic heterocycles. The molecule has 0 saturated carbocycles. The minimum Gasteiger partial charge on any atom is -0.507 e. The molecule has 0 aliphatic carbocycles. The Kier molecular flexibility index (Phi) is 7.49. The molecule has 7 nitrogen and oxygen atoms in total. The first kappa shape index (κ1) is 21.9. The molecule has 0 aromatic heterocycles. The van der Waals surface area contributed by atoms with Crippen LogP contribution in [0.25, 0.3) is 0 Å². The van der Waals surface area contributed by atoms with Crippen molar-refractivity contribution in [3.63, 3.8) is 0 Å². The van der Waals surface area contributed by atoms with Crippen LogP contribution < -0.4 is 5.32 Å². The number of thioether (sulfide) groups is 1. The van der Waals surface area contributed by atoms with Gasteiger partial charge in [-0.2, -0.15) is 10.2 Å². The van der Waals surface area contributed by atoms with Gasteiger partial charge in [-0.3, -0.25) is 5.21 Å². The predicted molar refractivity (Wildman–Crippen MR) is 115 cm³/mol. The number of unbranched alkanes of at least 4 members (excludes halogenated alkanes) is 1. The van der Waals surface area contributed by atoms with Crippen molar-refractivity contribution in [2.24, 2.45) is 5.10 Å². The summed E-state index contributed by atoms with van der Waals surface area (Å²) in [5.74, 6) is 0.0636. The van der Waals surface area contributed by atoms with Crippen LogP contribution in [-0.4, -0.2) is 54.4 Å². The molecule has 2 rings (SSSR count). The minimum atomic E-state index is -0.790. The summed E-state index contributed by atoms with van der Waals surface area (Å²) in [7, 11) is 0. The molecule has 1 saturated heterocycles. The fourth-order valence-corrected chi connectivity index (χ4v) is 4.71. The molecule has 0 spiro atoms. The van der Waals surface area contributed by atoms with Crippen molar-refractivity contribution in [2.75, 3.05) is 6.54 Å². The number of phenols is 1. The molecule has 0 radical (unpaired) electrons. The van der Waals surface area contributed by atoms with Crippen LogP contribution >= 0.6 is 39.9 Å². The maximum absolute atomic E-state index is 12.3. The van der Waals surface area contributed by atoms with Gasteiger partial charge in [0.1, 0.15) is 5.75 Å². The summed E-state index contributed by atoms with van der Waals surface area (Å²) in [5, 5.41) is 29.6. The van der Waals surface area contributed by atoms with Crippen LogP contribution in [0.15, 0.2) is 27.8 Å².